The van der Waals surface area contributed by atoms with Crippen molar-refractivity contribution in [3.05, 3.63) is 35.8 Å². The second-order valence-electron chi connectivity index (χ2n) is 9.83. The number of carbonyl (C=O) groups is 2. The summed E-state index contributed by atoms with van der Waals surface area (Å²) in [5, 5.41) is 6.09. The molecule has 2 amide bonds. The first kappa shape index (κ1) is 18.6. The number of hydrogen-bond acceptors (Lipinski definition) is 3. The predicted molar refractivity (Wildman–Crippen MR) is 111 cm³/mol. The minimum absolute atomic E-state index is 0.0998. The first-order valence-corrected chi connectivity index (χ1v) is 11.0. The van der Waals surface area contributed by atoms with E-state index >= 15 is 0 Å². The Morgan fingerprint density at radius 3 is 2.62 bits per heavy atom. The lowest BCUT2D eigenvalue weighted by molar-refractivity contribution is -0.103. The van der Waals surface area contributed by atoms with Gasteiger partial charge < -0.3 is 10.6 Å². The number of pyridine rings is 1. The second-order valence-corrected chi connectivity index (χ2v) is 9.83. The van der Waals surface area contributed by atoms with Crippen LogP contribution in [0.4, 0.5) is 0 Å². The van der Waals surface area contributed by atoms with Crippen molar-refractivity contribution in [3.8, 4) is 0 Å². The lowest BCUT2D eigenvalue weighted by Crippen LogP contribution is -2.54. The Morgan fingerprint density at radius 2 is 1.90 bits per heavy atom. The fourth-order valence-electron chi connectivity index (χ4n) is 5.48. The van der Waals surface area contributed by atoms with Gasteiger partial charge in [-0.05, 0) is 73.3 Å². The molecular weight excluding hydrogens is 364 g/mol. The topological polar surface area (TPSA) is 75.5 Å². The van der Waals surface area contributed by atoms with Crippen molar-refractivity contribution in [2.45, 2.75) is 46.0 Å². The Hall–Kier alpha value is -2.37. The molecule has 2 bridgehead atoms. The quantitative estimate of drug-likeness (QED) is 0.790. The molecular formula is C23H30N4O2. The molecule has 2 aromatic heterocycles. The predicted octanol–water partition coefficient (Wildman–Crippen LogP) is 3.28. The van der Waals surface area contributed by atoms with E-state index in [1.165, 1.54) is 32.1 Å². The lowest BCUT2D eigenvalue weighted by Gasteiger charge is -2.60. The number of amides is 2. The molecule has 6 heteroatoms. The fraction of sp³-hybridized carbons (Fsp3) is 0.609. The zero-order valence-corrected chi connectivity index (χ0v) is 17.3. The number of fused-ring (bicyclic) bond motifs is 3. The molecule has 4 aliphatic rings. The molecule has 2 aromatic rings. The molecule has 2 heterocycles. The van der Waals surface area contributed by atoms with Crippen molar-refractivity contribution in [1.29, 1.82) is 0 Å². The fourth-order valence-corrected chi connectivity index (χ4v) is 5.48. The van der Waals surface area contributed by atoms with E-state index in [1.807, 2.05) is 12.1 Å². The summed E-state index contributed by atoms with van der Waals surface area (Å²) in [5.41, 5.74) is 1.92. The molecule has 6 rings (SSSR count). The Morgan fingerprint density at radius 1 is 1.10 bits per heavy atom. The van der Waals surface area contributed by atoms with Gasteiger partial charge in [0, 0.05) is 19.3 Å². The van der Waals surface area contributed by atoms with Gasteiger partial charge in [-0.1, -0.05) is 19.9 Å². The van der Waals surface area contributed by atoms with E-state index in [-0.39, 0.29) is 11.8 Å². The monoisotopic (exact) mass is 394 g/mol. The van der Waals surface area contributed by atoms with Crippen LogP contribution in [-0.4, -0.2) is 34.3 Å². The molecule has 4 aliphatic carbocycles. The van der Waals surface area contributed by atoms with E-state index in [0.29, 0.717) is 46.7 Å². The molecule has 154 valence electrons. The molecule has 0 saturated heterocycles. The highest BCUT2D eigenvalue weighted by molar-refractivity contribution is 5.95. The number of hydrogen-bond donors (Lipinski definition) is 2. The van der Waals surface area contributed by atoms with Crippen LogP contribution in [-0.2, 0) is 0 Å². The Labute approximate surface area is 171 Å². The molecule has 4 fully saturated rings. The molecule has 0 spiro atoms. The third-order valence-electron chi connectivity index (χ3n) is 7.73. The van der Waals surface area contributed by atoms with Gasteiger partial charge >= 0.3 is 0 Å². The van der Waals surface area contributed by atoms with Crippen LogP contribution in [0.25, 0.3) is 5.65 Å². The summed E-state index contributed by atoms with van der Waals surface area (Å²) < 4.78 is 1.73. The third kappa shape index (κ3) is 3.32. The molecule has 29 heavy (non-hydrogen) atoms. The van der Waals surface area contributed by atoms with E-state index < -0.39 is 0 Å². The number of carbonyl (C=O) groups excluding carboxylic acids is 2. The molecule has 0 aliphatic heterocycles. The maximum absolute atomic E-state index is 12.9. The summed E-state index contributed by atoms with van der Waals surface area (Å²) in [6.07, 6.45) is 7.85. The molecule has 3 atom stereocenters. The summed E-state index contributed by atoms with van der Waals surface area (Å²) in [4.78, 5) is 29.7. The number of rotatable bonds is 6. The Balaban J connectivity index is 1.27. The number of aromatic nitrogens is 2. The van der Waals surface area contributed by atoms with Gasteiger partial charge in [0.1, 0.15) is 17.0 Å². The summed E-state index contributed by atoms with van der Waals surface area (Å²) in [6.45, 7) is 6.18. The van der Waals surface area contributed by atoms with Crippen molar-refractivity contribution in [3.63, 3.8) is 0 Å². The van der Waals surface area contributed by atoms with E-state index in [9.17, 15) is 9.59 Å². The van der Waals surface area contributed by atoms with Gasteiger partial charge in [-0.25, -0.2) is 4.98 Å². The maximum atomic E-state index is 12.9. The molecule has 4 saturated carbocycles. The maximum Gasteiger partial charge on any atom is 0.271 e. The summed E-state index contributed by atoms with van der Waals surface area (Å²) in [5.74, 6) is 2.49. The largest absolute Gasteiger partial charge is 0.350 e. The Kier molecular flexibility index (Phi) is 4.41. The minimum atomic E-state index is -0.170. The van der Waals surface area contributed by atoms with E-state index in [4.69, 9.17) is 0 Å². The minimum Gasteiger partial charge on any atom is -0.350 e. The van der Waals surface area contributed by atoms with Crippen LogP contribution in [0.2, 0.25) is 0 Å². The molecule has 0 unspecified atom stereocenters. The van der Waals surface area contributed by atoms with Crippen LogP contribution in [0.3, 0.4) is 0 Å². The smallest absolute Gasteiger partial charge is 0.271 e. The average molecular weight is 395 g/mol. The van der Waals surface area contributed by atoms with Crippen molar-refractivity contribution < 1.29 is 9.59 Å². The van der Waals surface area contributed by atoms with Crippen molar-refractivity contribution in [2.24, 2.45) is 29.1 Å². The molecule has 6 nitrogen and oxygen atoms in total. The van der Waals surface area contributed by atoms with Crippen LogP contribution in [0.15, 0.2) is 24.4 Å². The van der Waals surface area contributed by atoms with E-state index in [2.05, 4.69) is 29.5 Å². The van der Waals surface area contributed by atoms with Gasteiger partial charge in [-0.3, -0.25) is 14.0 Å². The first-order chi connectivity index (χ1) is 13.9. The van der Waals surface area contributed by atoms with Gasteiger partial charge in [0.2, 0.25) is 0 Å². The van der Waals surface area contributed by atoms with Gasteiger partial charge in [-0.15, -0.1) is 0 Å². The van der Waals surface area contributed by atoms with Gasteiger partial charge in [-0.2, -0.15) is 0 Å². The normalized spacial score (nSPS) is 27.3. The van der Waals surface area contributed by atoms with Crippen LogP contribution in [0, 0.1) is 29.1 Å². The van der Waals surface area contributed by atoms with Crippen molar-refractivity contribution in [1.82, 2.24) is 20.0 Å². The summed E-state index contributed by atoms with van der Waals surface area (Å²) >= 11 is 0. The highest BCUT2D eigenvalue weighted by Gasteiger charge is 2.53. The zero-order chi connectivity index (χ0) is 20.2. The van der Waals surface area contributed by atoms with Crippen LogP contribution >= 0.6 is 0 Å². The summed E-state index contributed by atoms with van der Waals surface area (Å²) in [6, 6.07) is 5.44. The first-order valence-electron chi connectivity index (χ1n) is 11.0. The zero-order valence-electron chi connectivity index (χ0n) is 17.3. The number of imidazole rings is 1. The van der Waals surface area contributed by atoms with Crippen LogP contribution in [0.5, 0.6) is 0 Å². The van der Waals surface area contributed by atoms with Crippen molar-refractivity contribution >= 4 is 17.5 Å². The molecule has 2 N–H and O–H groups in total. The van der Waals surface area contributed by atoms with Crippen LogP contribution < -0.4 is 10.6 Å². The third-order valence-corrected chi connectivity index (χ3v) is 7.73. The van der Waals surface area contributed by atoms with Gasteiger partial charge in [0.15, 0.2) is 0 Å². The van der Waals surface area contributed by atoms with Gasteiger partial charge in [0.05, 0.1) is 0 Å². The molecule has 0 aromatic carbocycles. The Bertz CT molecular complexity index is 957. The highest BCUT2D eigenvalue weighted by atomic mass is 16.2. The lowest BCUT2D eigenvalue weighted by atomic mass is 9.45. The van der Waals surface area contributed by atoms with Crippen LogP contribution in [0.1, 0.15) is 66.9 Å². The summed E-state index contributed by atoms with van der Waals surface area (Å²) in [7, 11) is 0. The highest BCUT2D eigenvalue weighted by Crippen LogP contribution is 2.61. The molecule has 0 radical (unpaired) electrons. The van der Waals surface area contributed by atoms with Gasteiger partial charge in [0.25, 0.3) is 11.8 Å². The van der Waals surface area contributed by atoms with E-state index in [0.717, 1.165) is 12.5 Å². The van der Waals surface area contributed by atoms with Crippen molar-refractivity contribution in [2.75, 3.05) is 13.1 Å². The van der Waals surface area contributed by atoms with E-state index in [1.54, 1.807) is 16.7 Å². The second kappa shape index (κ2) is 6.85. The number of nitrogens with zero attached hydrogens (tertiary/aromatic N) is 2. The average Bonchev–Trinajstić information content (AvgIpc) is 3.45. The standard InChI is InChI=1S/C23H30N4O2/c1-23(2)16-9-8-15(17(23)10-16)12-25-22(29)19-4-3-5-20-26-18(13-27(19)20)21(28)24-11-14-6-7-14/h3-5,13-17H,6-12H2,1-2H3,(H,24,28)(H,25,29)/t15-,16-,17-/m0/s1. The SMILES string of the molecule is CC1(C)[C@H]2CC[C@@H](CNC(=O)c3cccc4nc(C(=O)NCC5CC5)cn34)[C@@H]1C2. The number of nitrogens with one attached hydrogen (secondary N) is 2.